The van der Waals surface area contributed by atoms with E-state index < -0.39 is 41.0 Å². The van der Waals surface area contributed by atoms with Gasteiger partial charge in [0.2, 0.25) is 0 Å². The van der Waals surface area contributed by atoms with Crippen molar-refractivity contribution in [1.82, 2.24) is 0 Å². The number of alkyl halides is 3. The number of rotatable bonds is 3. The van der Waals surface area contributed by atoms with Crippen LogP contribution in [0.5, 0.6) is 0 Å². The number of fused-ring (bicyclic) bond motifs is 1. The molecule has 36 heavy (non-hydrogen) atoms. The van der Waals surface area contributed by atoms with E-state index in [0.717, 1.165) is 46.0 Å². The van der Waals surface area contributed by atoms with Gasteiger partial charge in [-0.05, 0) is 47.2 Å². The van der Waals surface area contributed by atoms with E-state index in [2.05, 4.69) is 0 Å². The van der Waals surface area contributed by atoms with Crippen LogP contribution in [0.15, 0.2) is 96.6 Å². The lowest BCUT2D eigenvalue weighted by Gasteiger charge is -2.26. The number of carbonyl (C=O) groups is 2. The van der Waals surface area contributed by atoms with Crippen molar-refractivity contribution in [3.8, 4) is 0 Å². The number of hydrogen-bond donors (Lipinski definition) is 1. The van der Waals surface area contributed by atoms with E-state index in [1.54, 1.807) is 30.3 Å². The van der Waals surface area contributed by atoms with Crippen LogP contribution in [0, 0.1) is 5.82 Å². The monoisotopic (exact) mass is 491 g/mol. The number of aliphatic hydroxyl groups excluding tert-OH is 1. The molecule has 4 nitrogen and oxygen atoms in total. The number of halogens is 4. The van der Waals surface area contributed by atoms with Crippen LogP contribution in [0.3, 0.4) is 0 Å². The molecule has 1 atom stereocenters. The average Bonchev–Trinajstić information content (AvgIpc) is 3.13. The van der Waals surface area contributed by atoms with Crippen LogP contribution in [-0.2, 0) is 15.8 Å². The maximum atomic E-state index is 15.0. The first-order valence-electron chi connectivity index (χ1n) is 10.9. The Labute approximate surface area is 202 Å². The Morgan fingerprint density at radius 3 is 2.11 bits per heavy atom. The highest BCUT2D eigenvalue weighted by Gasteiger charge is 2.48. The highest BCUT2D eigenvalue weighted by molar-refractivity contribution is 6.51. The summed E-state index contributed by atoms with van der Waals surface area (Å²) in [6, 6.07) is 19.9. The van der Waals surface area contributed by atoms with Gasteiger partial charge in [0, 0.05) is 16.8 Å². The number of amides is 1. The van der Waals surface area contributed by atoms with Gasteiger partial charge >= 0.3 is 6.18 Å². The third kappa shape index (κ3) is 3.90. The molecule has 1 N–H and O–H groups in total. The number of carbonyl (C=O) groups excluding carboxylic acids is 2. The summed E-state index contributed by atoms with van der Waals surface area (Å²) in [5.41, 5.74) is -1.20. The van der Waals surface area contributed by atoms with Gasteiger partial charge in [-0.2, -0.15) is 13.2 Å². The number of nitrogens with zero attached hydrogens (tertiary/aromatic N) is 1. The van der Waals surface area contributed by atoms with Gasteiger partial charge < -0.3 is 5.11 Å². The molecule has 0 saturated carbocycles. The highest BCUT2D eigenvalue weighted by Crippen LogP contribution is 2.43. The lowest BCUT2D eigenvalue weighted by atomic mass is 9.94. The SMILES string of the molecule is O=C1C(=O)N(c2ccc(C(F)(F)F)cc2)C(c2ccccc2F)/C1=C(\O)c1ccc2ccccc2c1. The predicted molar refractivity (Wildman–Crippen MR) is 127 cm³/mol. The Bertz CT molecular complexity index is 1540. The second-order valence-corrected chi connectivity index (χ2v) is 8.30. The van der Waals surface area contributed by atoms with Crippen molar-refractivity contribution in [1.29, 1.82) is 0 Å². The van der Waals surface area contributed by atoms with E-state index in [1.807, 2.05) is 12.1 Å². The zero-order valence-corrected chi connectivity index (χ0v) is 18.5. The average molecular weight is 491 g/mol. The fourth-order valence-corrected chi connectivity index (χ4v) is 4.39. The number of ketones is 1. The van der Waals surface area contributed by atoms with Crippen LogP contribution >= 0.6 is 0 Å². The zero-order chi connectivity index (χ0) is 25.6. The van der Waals surface area contributed by atoms with Crippen LogP contribution in [-0.4, -0.2) is 16.8 Å². The molecule has 1 aliphatic rings. The van der Waals surface area contributed by atoms with Gasteiger partial charge in [-0.15, -0.1) is 0 Å². The Morgan fingerprint density at radius 2 is 1.44 bits per heavy atom. The molecule has 0 bridgehead atoms. The predicted octanol–water partition coefficient (Wildman–Crippen LogP) is 6.62. The van der Waals surface area contributed by atoms with Crippen molar-refractivity contribution < 1.29 is 32.3 Å². The Balaban J connectivity index is 1.71. The molecule has 180 valence electrons. The Kier molecular flexibility index (Phi) is 5.59. The lowest BCUT2D eigenvalue weighted by Crippen LogP contribution is -2.30. The van der Waals surface area contributed by atoms with E-state index in [1.165, 1.54) is 18.2 Å². The van der Waals surface area contributed by atoms with Gasteiger partial charge in [0.15, 0.2) is 0 Å². The molecule has 1 fully saturated rings. The summed E-state index contributed by atoms with van der Waals surface area (Å²) in [6.45, 7) is 0. The van der Waals surface area contributed by atoms with E-state index >= 15 is 0 Å². The molecule has 0 aliphatic carbocycles. The van der Waals surface area contributed by atoms with E-state index in [4.69, 9.17) is 0 Å². The molecule has 0 spiro atoms. The zero-order valence-electron chi connectivity index (χ0n) is 18.5. The third-order valence-corrected chi connectivity index (χ3v) is 6.14. The van der Waals surface area contributed by atoms with Crippen molar-refractivity contribution in [2.45, 2.75) is 12.2 Å². The maximum Gasteiger partial charge on any atom is 0.416 e. The highest BCUT2D eigenvalue weighted by atomic mass is 19.4. The van der Waals surface area contributed by atoms with Crippen LogP contribution < -0.4 is 4.90 Å². The molecule has 0 aromatic heterocycles. The largest absolute Gasteiger partial charge is 0.507 e. The molecule has 8 heteroatoms. The topological polar surface area (TPSA) is 57.6 Å². The lowest BCUT2D eigenvalue weighted by molar-refractivity contribution is -0.137. The van der Waals surface area contributed by atoms with Gasteiger partial charge in [-0.1, -0.05) is 54.6 Å². The van der Waals surface area contributed by atoms with E-state index in [9.17, 15) is 32.3 Å². The molecule has 0 radical (unpaired) electrons. The minimum atomic E-state index is -4.60. The summed E-state index contributed by atoms with van der Waals surface area (Å²) in [4.78, 5) is 27.2. The van der Waals surface area contributed by atoms with Gasteiger partial charge in [0.05, 0.1) is 17.2 Å². The quantitative estimate of drug-likeness (QED) is 0.152. The first kappa shape index (κ1) is 23.3. The van der Waals surface area contributed by atoms with Crippen molar-refractivity contribution in [2.24, 2.45) is 0 Å². The molecular formula is C28H17F4NO3. The fraction of sp³-hybridized carbons (Fsp3) is 0.0714. The van der Waals surface area contributed by atoms with Crippen molar-refractivity contribution in [3.05, 3.63) is 119 Å². The number of hydrogen-bond acceptors (Lipinski definition) is 3. The number of Topliss-reactive ketones (excluding diaryl/α,β-unsaturated/α-hetero) is 1. The van der Waals surface area contributed by atoms with Crippen LogP contribution in [0.4, 0.5) is 23.2 Å². The Morgan fingerprint density at radius 1 is 0.806 bits per heavy atom. The fourth-order valence-electron chi connectivity index (χ4n) is 4.39. The number of aliphatic hydroxyl groups is 1. The summed E-state index contributed by atoms with van der Waals surface area (Å²) < 4.78 is 54.2. The standard InChI is InChI=1S/C28H17F4NO3/c29-22-8-4-3-7-21(22)24-23(25(34)18-10-9-16-5-1-2-6-17(16)15-18)26(35)27(36)33(24)20-13-11-19(12-14-20)28(30,31)32/h1-15,24,34H/b25-23+. The molecule has 1 saturated heterocycles. The molecule has 4 aromatic rings. The number of anilines is 1. The molecule has 1 heterocycles. The minimum Gasteiger partial charge on any atom is -0.507 e. The second kappa shape index (κ2) is 8.64. The first-order valence-corrected chi connectivity index (χ1v) is 10.9. The Hall–Kier alpha value is -4.46. The minimum absolute atomic E-state index is 0.0454. The summed E-state index contributed by atoms with van der Waals surface area (Å²) in [5.74, 6) is -3.42. The molecule has 1 unspecified atom stereocenters. The summed E-state index contributed by atoms with van der Waals surface area (Å²) >= 11 is 0. The molecule has 5 rings (SSSR count). The maximum absolute atomic E-state index is 15.0. The second-order valence-electron chi connectivity index (χ2n) is 8.30. The van der Waals surface area contributed by atoms with E-state index in [-0.39, 0.29) is 22.4 Å². The van der Waals surface area contributed by atoms with Crippen molar-refractivity contribution in [3.63, 3.8) is 0 Å². The third-order valence-electron chi connectivity index (χ3n) is 6.14. The summed E-state index contributed by atoms with van der Waals surface area (Å²) in [7, 11) is 0. The van der Waals surface area contributed by atoms with Gasteiger partial charge in [0.1, 0.15) is 11.6 Å². The normalized spacial score (nSPS) is 17.7. The van der Waals surface area contributed by atoms with Crippen molar-refractivity contribution in [2.75, 3.05) is 4.90 Å². The molecular weight excluding hydrogens is 474 g/mol. The van der Waals surface area contributed by atoms with Crippen molar-refractivity contribution >= 4 is 33.9 Å². The van der Waals surface area contributed by atoms with Gasteiger partial charge in [-0.3, -0.25) is 14.5 Å². The smallest absolute Gasteiger partial charge is 0.416 e. The van der Waals surface area contributed by atoms with Gasteiger partial charge in [-0.25, -0.2) is 4.39 Å². The van der Waals surface area contributed by atoms with E-state index in [0.29, 0.717) is 0 Å². The van der Waals surface area contributed by atoms with Crippen LogP contribution in [0.1, 0.15) is 22.7 Å². The molecule has 4 aromatic carbocycles. The molecule has 1 amide bonds. The number of benzene rings is 4. The molecule has 1 aliphatic heterocycles. The van der Waals surface area contributed by atoms with Gasteiger partial charge in [0.25, 0.3) is 11.7 Å². The van der Waals surface area contributed by atoms with Crippen LogP contribution in [0.25, 0.3) is 16.5 Å². The summed E-state index contributed by atoms with van der Waals surface area (Å²) in [5, 5.41) is 12.9. The van der Waals surface area contributed by atoms with Crippen LogP contribution in [0.2, 0.25) is 0 Å². The summed E-state index contributed by atoms with van der Waals surface area (Å²) in [6.07, 6.45) is -4.60. The first-order chi connectivity index (χ1) is 17.2.